The van der Waals surface area contributed by atoms with Crippen LogP contribution in [0.1, 0.15) is 84.0 Å². The van der Waals surface area contributed by atoms with Gasteiger partial charge in [-0.3, -0.25) is 0 Å². The van der Waals surface area contributed by atoms with E-state index in [1.54, 1.807) is 0 Å². The quantitative estimate of drug-likeness (QED) is 0.158. The van der Waals surface area contributed by atoms with E-state index in [1.807, 2.05) is 0 Å². The number of halogens is 2. The summed E-state index contributed by atoms with van der Waals surface area (Å²) in [5, 5.41) is 0. The number of alkyl halides is 2. The van der Waals surface area contributed by atoms with E-state index in [0.29, 0.717) is 0 Å². The van der Waals surface area contributed by atoms with Crippen molar-refractivity contribution in [2.45, 2.75) is 87.9 Å². The molecule has 2 heteroatoms. The summed E-state index contributed by atoms with van der Waals surface area (Å²) in [6.45, 7) is 2.29. The maximum atomic E-state index is 2.67. The van der Waals surface area contributed by atoms with E-state index in [1.165, 1.54) is 81.5 Å². The van der Waals surface area contributed by atoms with Gasteiger partial charge in [0.05, 0.1) is 0 Å². The minimum Gasteiger partial charge on any atom is -0.0864 e. The third-order valence-corrected chi connectivity index (χ3v) is 5.28. The maximum Gasteiger partial charge on any atom is 0.0110 e. The first-order chi connectivity index (χ1) is 8.31. The highest BCUT2D eigenvalue weighted by Crippen LogP contribution is 2.19. The van der Waals surface area contributed by atoms with E-state index in [0.717, 1.165) is 3.92 Å². The number of rotatable bonds is 13. The summed E-state index contributed by atoms with van der Waals surface area (Å²) in [5.74, 6) is 0. The van der Waals surface area contributed by atoms with E-state index in [-0.39, 0.29) is 0 Å². The molecule has 0 fully saturated rings. The summed E-state index contributed by atoms with van der Waals surface area (Å²) in [5.41, 5.74) is 0. The van der Waals surface area contributed by atoms with Crippen molar-refractivity contribution in [2.75, 3.05) is 4.43 Å². The zero-order chi connectivity index (χ0) is 12.8. The van der Waals surface area contributed by atoms with Crippen LogP contribution >= 0.6 is 45.2 Å². The molecule has 0 radical (unpaired) electrons. The largest absolute Gasteiger partial charge is 0.0864 e. The minimum absolute atomic E-state index is 0.943. The molecule has 0 saturated heterocycles. The molecule has 0 N–H and O–H groups in total. The molecule has 1 unspecified atom stereocenters. The lowest BCUT2D eigenvalue weighted by Gasteiger charge is -2.09. The first kappa shape index (κ1) is 18.5. The van der Waals surface area contributed by atoms with Crippen LogP contribution in [0.5, 0.6) is 0 Å². The van der Waals surface area contributed by atoms with Crippen molar-refractivity contribution in [3.05, 3.63) is 0 Å². The number of hydrogen-bond acceptors (Lipinski definition) is 0. The second-order valence-corrected chi connectivity index (χ2v) is 7.89. The molecule has 0 bridgehead atoms. The van der Waals surface area contributed by atoms with Crippen LogP contribution in [-0.4, -0.2) is 8.35 Å². The summed E-state index contributed by atoms with van der Waals surface area (Å²) in [7, 11) is 0. The Bertz CT molecular complexity index is 137. The molecule has 0 spiro atoms. The Kier molecular flexibility index (Phi) is 16.8. The third-order valence-electron chi connectivity index (χ3n) is 3.27. The maximum absolute atomic E-state index is 2.67. The van der Waals surface area contributed by atoms with E-state index in [4.69, 9.17) is 0 Å². The lowest BCUT2D eigenvalue weighted by Crippen LogP contribution is -1.97. The van der Waals surface area contributed by atoms with Gasteiger partial charge in [-0.2, -0.15) is 0 Å². The summed E-state index contributed by atoms with van der Waals surface area (Å²) < 4.78 is 2.28. The zero-order valence-electron chi connectivity index (χ0n) is 11.5. The van der Waals surface area contributed by atoms with Crippen molar-refractivity contribution >= 4 is 45.2 Å². The van der Waals surface area contributed by atoms with Crippen LogP contribution in [0.3, 0.4) is 0 Å². The summed E-state index contributed by atoms with van der Waals surface area (Å²) in [6, 6.07) is 0. The molecule has 0 heterocycles. The first-order valence-electron chi connectivity index (χ1n) is 7.51. The molecule has 0 rings (SSSR count). The molecule has 17 heavy (non-hydrogen) atoms. The van der Waals surface area contributed by atoms with E-state index >= 15 is 0 Å². The number of unbranched alkanes of at least 4 members (excludes halogenated alkanes) is 8. The fourth-order valence-corrected chi connectivity index (χ4v) is 3.52. The highest BCUT2D eigenvalue weighted by molar-refractivity contribution is 14.1. The van der Waals surface area contributed by atoms with Crippen LogP contribution in [0.4, 0.5) is 0 Å². The second kappa shape index (κ2) is 15.5. The van der Waals surface area contributed by atoms with Gasteiger partial charge < -0.3 is 0 Å². The summed E-state index contributed by atoms with van der Waals surface area (Å²) in [4.78, 5) is 0. The molecule has 0 aliphatic carbocycles. The van der Waals surface area contributed by atoms with Crippen LogP contribution in [0.15, 0.2) is 0 Å². The molecule has 0 amide bonds. The van der Waals surface area contributed by atoms with Crippen molar-refractivity contribution in [1.29, 1.82) is 0 Å². The molecule has 0 aromatic carbocycles. The van der Waals surface area contributed by atoms with Gasteiger partial charge in [-0.05, 0) is 23.7 Å². The standard InChI is InChI=1S/C15H30I2/c1-2-3-4-5-6-9-12-15(17)13-10-7-8-11-14-16/h15H,2-14H2,1H3. The predicted octanol–water partition coefficient (Wildman–Crippen LogP) is 6.93. The van der Waals surface area contributed by atoms with Gasteiger partial charge in [-0.15, -0.1) is 0 Å². The fraction of sp³-hybridized carbons (Fsp3) is 1.00. The fourth-order valence-electron chi connectivity index (χ4n) is 2.10. The van der Waals surface area contributed by atoms with Gasteiger partial charge in [0.25, 0.3) is 0 Å². The van der Waals surface area contributed by atoms with E-state index < -0.39 is 0 Å². The van der Waals surface area contributed by atoms with Gasteiger partial charge in [0.1, 0.15) is 0 Å². The molecular weight excluding hydrogens is 434 g/mol. The molecule has 104 valence electrons. The highest BCUT2D eigenvalue weighted by atomic mass is 127. The Morgan fingerprint density at radius 1 is 0.706 bits per heavy atom. The number of hydrogen-bond donors (Lipinski definition) is 0. The molecular formula is C15H30I2. The Morgan fingerprint density at radius 2 is 1.18 bits per heavy atom. The molecule has 0 saturated carbocycles. The predicted molar refractivity (Wildman–Crippen MR) is 97.8 cm³/mol. The summed E-state index contributed by atoms with van der Waals surface area (Å²) >= 11 is 5.15. The van der Waals surface area contributed by atoms with Crippen molar-refractivity contribution in [3.8, 4) is 0 Å². The average Bonchev–Trinajstić information content (AvgIpc) is 2.33. The second-order valence-electron chi connectivity index (χ2n) is 5.05. The SMILES string of the molecule is CCCCCCCCC(I)CCCCCCI. The monoisotopic (exact) mass is 464 g/mol. The Hall–Kier alpha value is 1.46. The van der Waals surface area contributed by atoms with Crippen molar-refractivity contribution < 1.29 is 0 Å². The van der Waals surface area contributed by atoms with Crippen LogP contribution in [0.2, 0.25) is 0 Å². The molecule has 0 aromatic heterocycles. The van der Waals surface area contributed by atoms with E-state index in [9.17, 15) is 0 Å². The third kappa shape index (κ3) is 15.4. The summed E-state index contributed by atoms with van der Waals surface area (Å²) in [6.07, 6.45) is 17.4. The lowest BCUT2D eigenvalue weighted by molar-refractivity contribution is 0.559. The van der Waals surface area contributed by atoms with Crippen molar-refractivity contribution in [1.82, 2.24) is 0 Å². The first-order valence-corrected chi connectivity index (χ1v) is 10.3. The van der Waals surface area contributed by atoms with Crippen LogP contribution in [-0.2, 0) is 0 Å². The van der Waals surface area contributed by atoms with Gasteiger partial charge in [0.15, 0.2) is 0 Å². The van der Waals surface area contributed by atoms with Gasteiger partial charge in [0, 0.05) is 3.92 Å². The highest BCUT2D eigenvalue weighted by Gasteiger charge is 2.03. The van der Waals surface area contributed by atoms with Gasteiger partial charge >= 0.3 is 0 Å². The zero-order valence-corrected chi connectivity index (χ0v) is 15.8. The Labute approximate surface area is 136 Å². The van der Waals surface area contributed by atoms with E-state index in [2.05, 4.69) is 52.1 Å². The lowest BCUT2D eigenvalue weighted by atomic mass is 10.0. The Morgan fingerprint density at radius 3 is 1.71 bits per heavy atom. The van der Waals surface area contributed by atoms with Gasteiger partial charge in [0.2, 0.25) is 0 Å². The molecule has 0 aliphatic heterocycles. The Balaban J connectivity index is 3.09. The van der Waals surface area contributed by atoms with Crippen molar-refractivity contribution in [3.63, 3.8) is 0 Å². The smallest absolute Gasteiger partial charge is 0.0110 e. The minimum atomic E-state index is 0.943. The van der Waals surface area contributed by atoms with Crippen LogP contribution in [0.25, 0.3) is 0 Å². The van der Waals surface area contributed by atoms with Crippen LogP contribution < -0.4 is 0 Å². The molecule has 0 aromatic rings. The average molecular weight is 464 g/mol. The molecule has 0 nitrogen and oxygen atoms in total. The van der Waals surface area contributed by atoms with Crippen LogP contribution in [0, 0.1) is 0 Å². The normalized spacial score (nSPS) is 12.9. The topological polar surface area (TPSA) is 0 Å². The van der Waals surface area contributed by atoms with Crippen molar-refractivity contribution in [2.24, 2.45) is 0 Å². The van der Waals surface area contributed by atoms with Gasteiger partial charge in [-0.1, -0.05) is 110 Å². The molecule has 1 atom stereocenters. The molecule has 0 aliphatic rings. The van der Waals surface area contributed by atoms with Gasteiger partial charge in [-0.25, -0.2) is 0 Å².